The Labute approximate surface area is 108 Å². The Hall–Kier alpha value is -1.06. The minimum Gasteiger partial charge on any atom is -0.490 e. The molecular formula is C15H20O3. The minimum absolute atomic E-state index is 0.285. The molecule has 98 valence electrons. The molecule has 1 aromatic rings. The lowest BCUT2D eigenvalue weighted by atomic mass is 9.92. The van der Waals surface area contributed by atoms with Gasteiger partial charge in [-0.25, -0.2) is 0 Å². The second kappa shape index (κ2) is 4.90. The first-order valence-electron chi connectivity index (χ1n) is 6.77. The first-order chi connectivity index (χ1) is 8.76. The molecular weight excluding hydrogens is 228 g/mol. The number of rotatable bonds is 2. The smallest absolute Gasteiger partial charge is 0.168 e. The summed E-state index contributed by atoms with van der Waals surface area (Å²) >= 11 is 0. The van der Waals surface area contributed by atoms with Gasteiger partial charge < -0.3 is 14.2 Å². The Kier molecular flexibility index (Phi) is 3.27. The van der Waals surface area contributed by atoms with Crippen molar-refractivity contribution in [2.45, 2.75) is 44.5 Å². The lowest BCUT2D eigenvalue weighted by Crippen LogP contribution is -2.38. The van der Waals surface area contributed by atoms with E-state index in [-0.39, 0.29) is 5.79 Å². The second-order valence-electron chi connectivity index (χ2n) is 5.24. The predicted molar refractivity (Wildman–Crippen MR) is 68.7 cm³/mol. The Bertz CT molecular complexity index is 383. The van der Waals surface area contributed by atoms with Crippen LogP contribution in [0.15, 0.2) is 24.3 Å². The van der Waals surface area contributed by atoms with Crippen LogP contribution in [-0.4, -0.2) is 25.1 Å². The van der Waals surface area contributed by atoms with Crippen LogP contribution < -0.4 is 4.74 Å². The van der Waals surface area contributed by atoms with Gasteiger partial charge in [0.1, 0.15) is 5.75 Å². The summed E-state index contributed by atoms with van der Waals surface area (Å²) in [5.41, 5.74) is 1.26. The molecule has 0 aromatic heterocycles. The van der Waals surface area contributed by atoms with Gasteiger partial charge in [-0.3, -0.25) is 0 Å². The van der Waals surface area contributed by atoms with Crippen molar-refractivity contribution in [2.24, 2.45) is 0 Å². The molecule has 2 fully saturated rings. The molecule has 1 aliphatic carbocycles. The highest BCUT2D eigenvalue weighted by Gasteiger charge is 2.40. The third-order valence-electron chi connectivity index (χ3n) is 3.83. The van der Waals surface area contributed by atoms with Gasteiger partial charge in [0.2, 0.25) is 0 Å². The molecule has 1 saturated heterocycles. The molecule has 1 heterocycles. The van der Waals surface area contributed by atoms with Gasteiger partial charge in [-0.1, -0.05) is 17.7 Å². The van der Waals surface area contributed by atoms with Crippen LogP contribution in [0.3, 0.4) is 0 Å². The van der Waals surface area contributed by atoms with Crippen LogP contribution in [0.4, 0.5) is 0 Å². The molecule has 1 aliphatic heterocycles. The van der Waals surface area contributed by atoms with E-state index in [1.807, 2.05) is 12.1 Å². The fraction of sp³-hybridized carbons (Fsp3) is 0.600. The fourth-order valence-electron chi connectivity index (χ4n) is 2.74. The van der Waals surface area contributed by atoms with E-state index in [2.05, 4.69) is 19.1 Å². The van der Waals surface area contributed by atoms with Crippen molar-refractivity contribution in [3.63, 3.8) is 0 Å². The molecule has 1 saturated carbocycles. The summed E-state index contributed by atoms with van der Waals surface area (Å²) < 4.78 is 17.4. The zero-order valence-electron chi connectivity index (χ0n) is 10.9. The summed E-state index contributed by atoms with van der Waals surface area (Å²) in [6.45, 7) is 3.57. The number of aryl methyl sites for hydroxylation is 1. The highest BCUT2D eigenvalue weighted by atomic mass is 16.7. The SMILES string of the molecule is Cc1ccc(OC2CCC3(CC2)OCCO3)cc1. The molecule has 3 rings (SSSR count). The van der Waals surface area contributed by atoms with Crippen molar-refractivity contribution < 1.29 is 14.2 Å². The van der Waals surface area contributed by atoms with Gasteiger partial charge in [-0.2, -0.15) is 0 Å². The average molecular weight is 248 g/mol. The van der Waals surface area contributed by atoms with Gasteiger partial charge in [0.15, 0.2) is 5.79 Å². The number of hydrogen-bond donors (Lipinski definition) is 0. The molecule has 1 spiro atoms. The number of hydrogen-bond acceptors (Lipinski definition) is 3. The first-order valence-corrected chi connectivity index (χ1v) is 6.77. The third-order valence-corrected chi connectivity index (χ3v) is 3.83. The van der Waals surface area contributed by atoms with Crippen LogP contribution in [-0.2, 0) is 9.47 Å². The van der Waals surface area contributed by atoms with E-state index in [0.29, 0.717) is 6.10 Å². The largest absolute Gasteiger partial charge is 0.490 e. The molecule has 3 nitrogen and oxygen atoms in total. The summed E-state index contributed by atoms with van der Waals surface area (Å²) in [5.74, 6) is 0.683. The first kappa shape index (κ1) is 12.0. The second-order valence-corrected chi connectivity index (χ2v) is 5.24. The van der Waals surface area contributed by atoms with Crippen molar-refractivity contribution in [3.05, 3.63) is 29.8 Å². The van der Waals surface area contributed by atoms with E-state index in [0.717, 1.165) is 44.6 Å². The number of benzene rings is 1. The normalized spacial score (nSPS) is 23.4. The van der Waals surface area contributed by atoms with Gasteiger partial charge in [0.25, 0.3) is 0 Å². The number of ether oxygens (including phenoxy) is 3. The summed E-state index contributed by atoms with van der Waals surface area (Å²) in [6.07, 6.45) is 4.21. The summed E-state index contributed by atoms with van der Waals surface area (Å²) in [5, 5.41) is 0. The monoisotopic (exact) mass is 248 g/mol. The molecule has 0 N–H and O–H groups in total. The lowest BCUT2D eigenvalue weighted by molar-refractivity contribution is -0.186. The molecule has 2 aliphatic rings. The highest BCUT2D eigenvalue weighted by molar-refractivity contribution is 5.26. The predicted octanol–water partition coefficient (Wildman–Crippen LogP) is 3.06. The van der Waals surface area contributed by atoms with E-state index < -0.39 is 0 Å². The van der Waals surface area contributed by atoms with E-state index in [9.17, 15) is 0 Å². The quantitative estimate of drug-likeness (QED) is 0.805. The minimum atomic E-state index is -0.285. The standard InChI is InChI=1S/C15H20O3/c1-12-2-4-13(5-3-12)18-14-6-8-15(9-7-14)16-10-11-17-15/h2-5,14H,6-11H2,1H3. The van der Waals surface area contributed by atoms with Gasteiger partial charge in [-0.05, 0) is 31.9 Å². The highest BCUT2D eigenvalue weighted by Crippen LogP contribution is 2.36. The molecule has 0 atom stereocenters. The van der Waals surface area contributed by atoms with Crippen molar-refractivity contribution in [3.8, 4) is 5.75 Å². The van der Waals surface area contributed by atoms with Crippen LogP contribution in [0.25, 0.3) is 0 Å². The zero-order chi connectivity index (χ0) is 12.4. The Morgan fingerprint density at radius 1 is 1.06 bits per heavy atom. The van der Waals surface area contributed by atoms with Crippen LogP contribution in [0.2, 0.25) is 0 Å². The Morgan fingerprint density at radius 2 is 1.67 bits per heavy atom. The molecule has 3 heteroatoms. The summed E-state index contributed by atoms with van der Waals surface area (Å²) in [6, 6.07) is 8.26. The van der Waals surface area contributed by atoms with Gasteiger partial charge in [-0.15, -0.1) is 0 Å². The summed E-state index contributed by atoms with van der Waals surface area (Å²) in [7, 11) is 0. The Morgan fingerprint density at radius 3 is 2.28 bits per heavy atom. The Balaban J connectivity index is 1.55. The van der Waals surface area contributed by atoms with E-state index in [1.165, 1.54) is 5.56 Å². The van der Waals surface area contributed by atoms with Gasteiger partial charge in [0.05, 0.1) is 19.3 Å². The van der Waals surface area contributed by atoms with Crippen LogP contribution in [0, 0.1) is 6.92 Å². The van der Waals surface area contributed by atoms with Gasteiger partial charge >= 0.3 is 0 Å². The summed E-state index contributed by atoms with van der Waals surface area (Å²) in [4.78, 5) is 0. The molecule has 0 unspecified atom stereocenters. The molecule has 0 bridgehead atoms. The molecule has 18 heavy (non-hydrogen) atoms. The third kappa shape index (κ3) is 2.52. The average Bonchev–Trinajstić information content (AvgIpc) is 2.84. The zero-order valence-corrected chi connectivity index (χ0v) is 10.9. The van der Waals surface area contributed by atoms with Crippen molar-refractivity contribution in [2.75, 3.05) is 13.2 Å². The van der Waals surface area contributed by atoms with Crippen molar-refractivity contribution in [1.29, 1.82) is 0 Å². The van der Waals surface area contributed by atoms with Crippen molar-refractivity contribution >= 4 is 0 Å². The molecule has 0 amide bonds. The van der Waals surface area contributed by atoms with Crippen molar-refractivity contribution in [1.82, 2.24) is 0 Å². The maximum atomic E-state index is 6.00. The van der Waals surface area contributed by atoms with Crippen LogP contribution in [0.5, 0.6) is 5.75 Å². The van der Waals surface area contributed by atoms with E-state index in [1.54, 1.807) is 0 Å². The van der Waals surface area contributed by atoms with Crippen LogP contribution in [0.1, 0.15) is 31.2 Å². The van der Waals surface area contributed by atoms with Gasteiger partial charge in [0, 0.05) is 12.8 Å². The fourth-order valence-corrected chi connectivity index (χ4v) is 2.74. The maximum Gasteiger partial charge on any atom is 0.168 e. The maximum absolute atomic E-state index is 6.00. The van der Waals surface area contributed by atoms with E-state index in [4.69, 9.17) is 14.2 Å². The van der Waals surface area contributed by atoms with E-state index >= 15 is 0 Å². The lowest BCUT2D eigenvalue weighted by Gasteiger charge is -2.35. The molecule has 1 aromatic carbocycles. The topological polar surface area (TPSA) is 27.7 Å². The molecule has 0 radical (unpaired) electrons. The van der Waals surface area contributed by atoms with Crippen LogP contribution >= 0.6 is 0 Å².